The minimum atomic E-state index is -0.0845. The Morgan fingerprint density at radius 2 is 2.00 bits per heavy atom. The number of fused-ring (bicyclic) bond motifs is 1. The van der Waals surface area contributed by atoms with E-state index in [0.29, 0.717) is 12.4 Å². The summed E-state index contributed by atoms with van der Waals surface area (Å²) in [7, 11) is 0. The van der Waals surface area contributed by atoms with Crippen molar-refractivity contribution in [3.8, 4) is 11.1 Å². The standard InChI is InChI=1S/C18H15N5OS/c24-17(19-10-16-20-11-21-23-16)9-18-22-14-7-6-13(8-15(14)25-18)12-4-2-1-3-5-12/h1-8,11H,9-10H2,(H,19,24)(H,20,21,23). The van der Waals surface area contributed by atoms with Gasteiger partial charge in [-0.2, -0.15) is 0 Å². The molecule has 0 fully saturated rings. The molecule has 1 amide bonds. The number of nitrogens with zero attached hydrogens (tertiary/aromatic N) is 3. The largest absolute Gasteiger partial charge is 0.348 e. The van der Waals surface area contributed by atoms with Gasteiger partial charge in [0.15, 0.2) is 0 Å². The molecule has 0 saturated carbocycles. The average molecular weight is 349 g/mol. The van der Waals surface area contributed by atoms with E-state index in [9.17, 15) is 4.79 Å². The number of aromatic amines is 1. The number of rotatable bonds is 5. The van der Waals surface area contributed by atoms with E-state index in [1.165, 1.54) is 11.9 Å². The number of carbonyl (C=O) groups excluding carboxylic acids is 1. The molecule has 4 aromatic rings. The lowest BCUT2D eigenvalue weighted by Gasteiger charge is -2.00. The molecule has 2 heterocycles. The Balaban J connectivity index is 1.48. The molecular formula is C18H15N5OS. The zero-order valence-corrected chi connectivity index (χ0v) is 14.1. The molecule has 0 atom stereocenters. The number of nitrogens with one attached hydrogen (secondary N) is 2. The predicted octanol–water partition coefficient (Wildman–Crippen LogP) is 2.94. The molecule has 2 N–H and O–H groups in total. The van der Waals surface area contributed by atoms with Crippen molar-refractivity contribution >= 4 is 27.5 Å². The van der Waals surface area contributed by atoms with Crippen LogP contribution >= 0.6 is 11.3 Å². The van der Waals surface area contributed by atoms with E-state index in [1.807, 2.05) is 24.3 Å². The van der Waals surface area contributed by atoms with Crippen molar-refractivity contribution in [2.75, 3.05) is 0 Å². The molecule has 0 aliphatic heterocycles. The van der Waals surface area contributed by atoms with Crippen LogP contribution in [-0.4, -0.2) is 26.1 Å². The van der Waals surface area contributed by atoms with Crippen LogP contribution in [0.2, 0.25) is 0 Å². The number of benzene rings is 2. The lowest BCUT2D eigenvalue weighted by Crippen LogP contribution is -2.25. The molecule has 0 spiro atoms. The highest BCUT2D eigenvalue weighted by Gasteiger charge is 2.10. The second-order valence-electron chi connectivity index (χ2n) is 5.55. The smallest absolute Gasteiger partial charge is 0.227 e. The number of hydrogen-bond acceptors (Lipinski definition) is 5. The van der Waals surface area contributed by atoms with Crippen LogP contribution < -0.4 is 5.32 Å². The Morgan fingerprint density at radius 3 is 2.80 bits per heavy atom. The molecule has 6 nitrogen and oxygen atoms in total. The maximum Gasteiger partial charge on any atom is 0.227 e. The van der Waals surface area contributed by atoms with Crippen LogP contribution in [0.25, 0.3) is 21.3 Å². The first kappa shape index (κ1) is 15.5. The molecule has 0 aliphatic carbocycles. The van der Waals surface area contributed by atoms with Crippen molar-refractivity contribution in [2.45, 2.75) is 13.0 Å². The van der Waals surface area contributed by atoms with Gasteiger partial charge in [0.25, 0.3) is 0 Å². The van der Waals surface area contributed by atoms with E-state index in [1.54, 1.807) is 11.3 Å². The molecule has 25 heavy (non-hydrogen) atoms. The van der Waals surface area contributed by atoms with Gasteiger partial charge in [-0.15, -0.1) is 21.5 Å². The molecule has 124 valence electrons. The first-order chi connectivity index (χ1) is 12.3. The second-order valence-corrected chi connectivity index (χ2v) is 6.66. The van der Waals surface area contributed by atoms with E-state index in [-0.39, 0.29) is 12.3 Å². The maximum atomic E-state index is 12.1. The van der Waals surface area contributed by atoms with Gasteiger partial charge in [-0.1, -0.05) is 36.4 Å². The molecule has 2 aromatic carbocycles. The summed E-state index contributed by atoms with van der Waals surface area (Å²) in [4.78, 5) is 19.5. The van der Waals surface area contributed by atoms with Crippen LogP contribution in [0, 0.1) is 0 Å². The van der Waals surface area contributed by atoms with Crippen LogP contribution in [0.1, 0.15) is 10.8 Å². The second kappa shape index (κ2) is 6.82. The van der Waals surface area contributed by atoms with Crippen molar-refractivity contribution in [1.82, 2.24) is 25.5 Å². The molecular weight excluding hydrogens is 334 g/mol. The van der Waals surface area contributed by atoms with E-state index < -0.39 is 0 Å². The Bertz CT molecular complexity index is 995. The Kier molecular flexibility index (Phi) is 4.22. The Labute approximate surface area is 148 Å². The fraction of sp³-hybridized carbons (Fsp3) is 0.111. The van der Waals surface area contributed by atoms with Gasteiger partial charge < -0.3 is 10.3 Å². The van der Waals surface area contributed by atoms with Crippen LogP contribution in [-0.2, 0) is 17.8 Å². The summed E-state index contributed by atoms with van der Waals surface area (Å²) in [6.07, 6.45) is 1.74. The summed E-state index contributed by atoms with van der Waals surface area (Å²) in [5.74, 6) is 0.545. The number of thiazole rings is 1. The van der Waals surface area contributed by atoms with Gasteiger partial charge in [0.2, 0.25) is 5.91 Å². The predicted molar refractivity (Wildman–Crippen MR) is 97.0 cm³/mol. The maximum absolute atomic E-state index is 12.1. The van der Waals surface area contributed by atoms with Gasteiger partial charge in [-0.3, -0.25) is 4.79 Å². The minimum Gasteiger partial charge on any atom is -0.348 e. The van der Waals surface area contributed by atoms with Crippen molar-refractivity contribution in [1.29, 1.82) is 0 Å². The van der Waals surface area contributed by atoms with Crippen molar-refractivity contribution in [3.05, 3.63) is 65.7 Å². The minimum absolute atomic E-state index is 0.0845. The van der Waals surface area contributed by atoms with Gasteiger partial charge in [0, 0.05) is 0 Å². The summed E-state index contributed by atoms with van der Waals surface area (Å²) in [6.45, 7) is 0.335. The van der Waals surface area contributed by atoms with Crippen LogP contribution in [0.5, 0.6) is 0 Å². The highest BCUT2D eigenvalue weighted by Crippen LogP contribution is 2.28. The topological polar surface area (TPSA) is 83.6 Å². The van der Waals surface area contributed by atoms with Crippen LogP contribution in [0.3, 0.4) is 0 Å². The first-order valence-electron chi connectivity index (χ1n) is 7.84. The van der Waals surface area contributed by atoms with Gasteiger partial charge in [0.05, 0.1) is 23.2 Å². The third-order valence-corrected chi connectivity index (χ3v) is 4.79. The monoisotopic (exact) mass is 349 g/mol. The molecule has 7 heteroatoms. The third kappa shape index (κ3) is 3.56. The van der Waals surface area contributed by atoms with Crippen molar-refractivity contribution < 1.29 is 4.79 Å². The quantitative estimate of drug-likeness (QED) is 0.580. The molecule has 0 radical (unpaired) electrons. The fourth-order valence-corrected chi connectivity index (χ4v) is 3.56. The average Bonchev–Trinajstić information content (AvgIpc) is 3.29. The highest BCUT2D eigenvalue weighted by molar-refractivity contribution is 7.18. The normalized spacial score (nSPS) is 10.9. The lowest BCUT2D eigenvalue weighted by molar-refractivity contribution is -0.120. The van der Waals surface area contributed by atoms with Crippen molar-refractivity contribution in [2.24, 2.45) is 0 Å². The summed E-state index contributed by atoms with van der Waals surface area (Å²) in [6, 6.07) is 16.4. The molecule has 0 saturated heterocycles. The van der Waals surface area contributed by atoms with E-state index in [4.69, 9.17) is 0 Å². The SMILES string of the molecule is O=C(Cc1nc2ccc(-c3ccccc3)cc2s1)NCc1nnc[nH]1. The molecule has 0 bridgehead atoms. The highest BCUT2D eigenvalue weighted by atomic mass is 32.1. The van der Waals surface area contributed by atoms with Gasteiger partial charge >= 0.3 is 0 Å². The van der Waals surface area contributed by atoms with Crippen LogP contribution in [0.4, 0.5) is 0 Å². The summed E-state index contributed by atoms with van der Waals surface area (Å²) < 4.78 is 1.08. The number of hydrogen-bond donors (Lipinski definition) is 2. The lowest BCUT2D eigenvalue weighted by atomic mass is 10.1. The van der Waals surface area contributed by atoms with E-state index in [0.717, 1.165) is 20.8 Å². The molecule has 4 rings (SSSR count). The zero-order valence-electron chi connectivity index (χ0n) is 13.3. The van der Waals surface area contributed by atoms with E-state index >= 15 is 0 Å². The third-order valence-electron chi connectivity index (χ3n) is 3.77. The first-order valence-corrected chi connectivity index (χ1v) is 8.66. The summed E-state index contributed by atoms with van der Waals surface area (Å²) in [5.41, 5.74) is 3.24. The van der Waals surface area contributed by atoms with E-state index in [2.05, 4.69) is 49.7 Å². The zero-order chi connectivity index (χ0) is 17.1. The number of carbonyl (C=O) groups is 1. The van der Waals surface area contributed by atoms with Gasteiger partial charge in [-0.25, -0.2) is 4.98 Å². The Hall–Kier alpha value is -3.06. The molecule has 0 unspecified atom stereocenters. The van der Waals surface area contributed by atoms with Crippen LogP contribution in [0.15, 0.2) is 54.9 Å². The number of aromatic nitrogens is 4. The summed E-state index contributed by atoms with van der Waals surface area (Å²) >= 11 is 1.55. The number of H-pyrrole nitrogens is 1. The molecule has 0 aliphatic rings. The van der Waals surface area contributed by atoms with Gasteiger partial charge in [0.1, 0.15) is 17.2 Å². The Morgan fingerprint density at radius 1 is 1.12 bits per heavy atom. The molecule has 2 aromatic heterocycles. The fourth-order valence-electron chi connectivity index (χ4n) is 2.56. The summed E-state index contributed by atoms with van der Waals surface area (Å²) in [5, 5.41) is 11.1. The van der Waals surface area contributed by atoms with Gasteiger partial charge in [-0.05, 0) is 23.3 Å². The number of amides is 1. The van der Waals surface area contributed by atoms with Crippen molar-refractivity contribution in [3.63, 3.8) is 0 Å².